The van der Waals surface area contributed by atoms with Crippen molar-refractivity contribution in [1.82, 2.24) is 4.98 Å². The molecular formula is C17H18N2O2S. The summed E-state index contributed by atoms with van der Waals surface area (Å²) in [4.78, 5) is 14.9. The Labute approximate surface area is 133 Å². The molecule has 0 radical (unpaired) electrons. The number of Topliss-reactive ketones (excluding diaryl/α,β-unsaturated/α-hetero) is 1. The Kier molecular flexibility index (Phi) is 6.06. The fourth-order valence-corrected chi connectivity index (χ4v) is 2.62. The molecule has 0 atom stereocenters. The van der Waals surface area contributed by atoms with E-state index in [0.29, 0.717) is 12.3 Å². The van der Waals surface area contributed by atoms with E-state index < -0.39 is 0 Å². The summed E-state index contributed by atoms with van der Waals surface area (Å²) in [6, 6.07) is 13.5. The topological polar surface area (TPSA) is 69.1 Å². The third-order valence-corrected chi connectivity index (χ3v) is 3.78. The largest absolute Gasteiger partial charge is 0.461 e. The van der Waals surface area contributed by atoms with E-state index in [1.165, 1.54) is 18.8 Å². The van der Waals surface area contributed by atoms with Crippen LogP contribution in [0.1, 0.15) is 23.2 Å². The Morgan fingerprint density at radius 3 is 2.55 bits per heavy atom. The van der Waals surface area contributed by atoms with Crippen LogP contribution in [0.15, 0.2) is 58.5 Å². The predicted octanol–water partition coefficient (Wildman–Crippen LogP) is 3.79. The first kappa shape index (κ1) is 16.1. The molecule has 2 N–H and O–H groups in total. The number of thiazole rings is 1. The Morgan fingerprint density at radius 1 is 1.23 bits per heavy atom. The number of nitrogens with zero attached hydrogens (tertiary/aromatic N) is 1. The van der Waals surface area contributed by atoms with Gasteiger partial charge in [0.05, 0.1) is 12.0 Å². The van der Waals surface area contributed by atoms with Gasteiger partial charge in [-0.15, -0.1) is 11.3 Å². The number of carbonyl (C=O) groups excluding carboxylic acids is 1. The molecule has 2 heterocycles. The quantitative estimate of drug-likeness (QED) is 0.744. The van der Waals surface area contributed by atoms with Crippen LogP contribution < -0.4 is 5.73 Å². The first-order chi connectivity index (χ1) is 10.7. The molecule has 3 aromatic rings. The van der Waals surface area contributed by atoms with Gasteiger partial charge in [-0.3, -0.25) is 4.79 Å². The summed E-state index contributed by atoms with van der Waals surface area (Å²) in [6.45, 7) is 2.14. The predicted molar refractivity (Wildman–Crippen MR) is 89.0 cm³/mol. The van der Waals surface area contributed by atoms with Crippen molar-refractivity contribution < 1.29 is 9.21 Å². The highest BCUT2D eigenvalue weighted by Crippen LogP contribution is 2.23. The van der Waals surface area contributed by atoms with Crippen LogP contribution in [0.2, 0.25) is 0 Å². The van der Waals surface area contributed by atoms with Crippen molar-refractivity contribution in [2.24, 2.45) is 5.73 Å². The Bertz CT molecular complexity index is 691. The molecule has 3 rings (SSSR count). The maximum atomic E-state index is 10.4. The zero-order valence-corrected chi connectivity index (χ0v) is 13.2. The standard InChI is InChI=1S/C11H12N2S.C6H6O2/c12-7-6-10-8-14-11(13-10)9-4-2-1-3-5-9;1-5(7)6-3-2-4-8-6/h1-5,8H,6-7,12H2;2-4H,1H3. The van der Waals surface area contributed by atoms with Gasteiger partial charge in [0, 0.05) is 24.3 Å². The van der Waals surface area contributed by atoms with E-state index in [9.17, 15) is 4.79 Å². The highest BCUT2D eigenvalue weighted by Gasteiger charge is 2.02. The average Bonchev–Trinajstić information content (AvgIpc) is 3.21. The third kappa shape index (κ3) is 4.65. The third-order valence-electron chi connectivity index (χ3n) is 2.84. The molecule has 4 nitrogen and oxygen atoms in total. The minimum Gasteiger partial charge on any atom is -0.461 e. The molecule has 0 spiro atoms. The van der Waals surface area contributed by atoms with Gasteiger partial charge in [-0.2, -0.15) is 0 Å². The molecule has 0 aliphatic rings. The van der Waals surface area contributed by atoms with E-state index in [1.807, 2.05) is 18.2 Å². The van der Waals surface area contributed by atoms with Gasteiger partial charge in [0.2, 0.25) is 0 Å². The highest BCUT2D eigenvalue weighted by atomic mass is 32.1. The maximum Gasteiger partial charge on any atom is 0.194 e. The molecule has 22 heavy (non-hydrogen) atoms. The van der Waals surface area contributed by atoms with Crippen LogP contribution in [0.5, 0.6) is 0 Å². The molecule has 0 fully saturated rings. The average molecular weight is 314 g/mol. The van der Waals surface area contributed by atoms with Gasteiger partial charge >= 0.3 is 0 Å². The van der Waals surface area contributed by atoms with Crippen LogP contribution >= 0.6 is 11.3 Å². The monoisotopic (exact) mass is 314 g/mol. The van der Waals surface area contributed by atoms with Crippen molar-refractivity contribution in [2.45, 2.75) is 13.3 Å². The molecule has 0 bridgehead atoms. The van der Waals surface area contributed by atoms with Gasteiger partial charge in [0.25, 0.3) is 0 Å². The summed E-state index contributed by atoms with van der Waals surface area (Å²) in [5.41, 5.74) is 7.75. The van der Waals surface area contributed by atoms with Gasteiger partial charge in [0.1, 0.15) is 5.01 Å². The van der Waals surface area contributed by atoms with Crippen LogP contribution in [0.25, 0.3) is 10.6 Å². The second-order valence-corrected chi connectivity index (χ2v) is 5.44. The maximum absolute atomic E-state index is 10.4. The summed E-state index contributed by atoms with van der Waals surface area (Å²) in [5.74, 6) is 0.389. The van der Waals surface area contributed by atoms with Crippen molar-refractivity contribution in [3.8, 4) is 10.6 Å². The summed E-state index contributed by atoms with van der Waals surface area (Å²) >= 11 is 1.68. The van der Waals surface area contributed by atoms with Crippen molar-refractivity contribution in [1.29, 1.82) is 0 Å². The Morgan fingerprint density at radius 2 is 2.00 bits per heavy atom. The zero-order valence-electron chi connectivity index (χ0n) is 12.4. The molecule has 0 aliphatic heterocycles. The van der Waals surface area contributed by atoms with Crippen molar-refractivity contribution in [3.63, 3.8) is 0 Å². The number of benzene rings is 1. The number of furan rings is 1. The molecule has 114 valence electrons. The Balaban J connectivity index is 0.000000188. The van der Waals surface area contributed by atoms with Gasteiger partial charge in [-0.1, -0.05) is 30.3 Å². The highest BCUT2D eigenvalue weighted by molar-refractivity contribution is 7.13. The molecule has 5 heteroatoms. The smallest absolute Gasteiger partial charge is 0.194 e. The van der Waals surface area contributed by atoms with Crippen LogP contribution in [0.3, 0.4) is 0 Å². The first-order valence-corrected chi connectivity index (χ1v) is 7.83. The van der Waals surface area contributed by atoms with Crippen molar-refractivity contribution in [2.75, 3.05) is 6.54 Å². The molecule has 0 unspecified atom stereocenters. The number of aromatic nitrogens is 1. The normalized spacial score (nSPS) is 9.91. The molecule has 0 saturated heterocycles. The van der Waals surface area contributed by atoms with E-state index in [-0.39, 0.29) is 5.78 Å². The van der Waals surface area contributed by atoms with Gasteiger partial charge in [0.15, 0.2) is 11.5 Å². The number of rotatable bonds is 4. The molecule has 0 amide bonds. The molecule has 0 saturated carbocycles. The summed E-state index contributed by atoms with van der Waals surface area (Å²) < 4.78 is 4.75. The summed E-state index contributed by atoms with van der Waals surface area (Å²) in [6.07, 6.45) is 2.35. The summed E-state index contributed by atoms with van der Waals surface area (Å²) in [5, 5.41) is 3.16. The molecule has 2 aromatic heterocycles. The second kappa shape index (κ2) is 8.26. The minimum absolute atomic E-state index is 0.0324. The van der Waals surface area contributed by atoms with E-state index in [4.69, 9.17) is 10.2 Å². The Hall–Kier alpha value is -2.24. The molecular weight excluding hydrogens is 296 g/mol. The van der Waals surface area contributed by atoms with Crippen LogP contribution in [-0.4, -0.2) is 17.3 Å². The van der Waals surface area contributed by atoms with E-state index in [0.717, 1.165) is 17.1 Å². The second-order valence-electron chi connectivity index (χ2n) is 4.58. The van der Waals surface area contributed by atoms with Crippen molar-refractivity contribution >= 4 is 17.1 Å². The van der Waals surface area contributed by atoms with Crippen molar-refractivity contribution in [3.05, 3.63) is 65.6 Å². The number of hydrogen-bond acceptors (Lipinski definition) is 5. The fraction of sp³-hybridized carbons (Fsp3) is 0.176. The lowest BCUT2D eigenvalue weighted by Crippen LogP contribution is -2.02. The molecule has 1 aromatic carbocycles. The van der Waals surface area contributed by atoms with Crippen LogP contribution in [-0.2, 0) is 6.42 Å². The summed E-state index contributed by atoms with van der Waals surface area (Å²) in [7, 11) is 0. The van der Waals surface area contributed by atoms with Gasteiger partial charge in [-0.05, 0) is 18.7 Å². The fourth-order valence-electron chi connectivity index (χ4n) is 1.76. The zero-order chi connectivity index (χ0) is 15.8. The lowest BCUT2D eigenvalue weighted by Gasteiger charge is -1.93. The minimum atomic E-state index is -0.0324. The number of carbonyl (C=O) groups is 1. The lowest BCUT2D eigenvalue weighted by atomic mass is 10.2. The van der Waals surface area contributed by atoms with Crippen LogP contribution in [0.4, 0.5) is 0 Å². The van der Waals surface area contributed by atoms with E-state index in [2.05, 4.69) is 22.5 Å². The lowest BCUT2D eigenvalue weighted by molar-refractivity contribution is 0.0987. The first-order valence-electron chi connectivity index (χ1n) is 6.95. The van der Waals surface area contributed by atoms with E-state index >= 15 is 0 Å². The number of hydrogen-bond donors (Lipinski definition) is 1. The van der Waals surface area contributed by atoms with Gasteiger partial charge < -0.3 is 10.2 Å². The van der Waals surface area contributed by atoms with Gasteiger partial charge in [-0.25, -0.2) is 4.98 Å². The molecule has 0 aliphatic carbocycles. The van der Waals surface area contributed by atoms with Crippen LogP contribution in [0, 0.1) is 0 Å². The SMILES string of the molecule is CC(=O)c1ccco1.NCCc1csc(-c2ccccc2)n1. The number of nitrogens with two attached hydrogens (primary N) is 1. The number of ketones is 1. The van der Waals surface area contributed by atoms with E-state index in [1.54, 1.807) is 23.5 Å².